The Morgan fingerprint density at radius 3 is 2.82 bits per heavy atom. The predicted octanol–water partition coefficient (Wildman–Crippen LogP) is 3.29. The first-order valence-corrected chi connectivity index (χ1v) is 7.71. The number of alkyl halides is 3. The molecule has 0 radical (unpaired) electrons. The number of aryl methyl sites for hydroxylation is 1. The Bertz CT molecular complexity index is 529. The summed E-state index contributed by atoms with van der Waals surface area (Å²) >= 11 is 0. The van der Waals surface area contributed by atoms with Gasteiger partial charge in [-0.05, 0) is 61.5 Å². The van der Waals surface area contributed by atoms with Crippen LogP contribution in [0.4, 0.5) is 17.6 Å². The second-order valence-corrected chi connectivity index (χ2v) is 6.35. The predicted molar refractivity (Wildman–Crippen MR) is 76.1 cm³/mol. The molecule has 0 saturated carbocycles. The fourth-order valence-electron chi connectivity index (χ4n) is 3.57. The van der Waals surface area contributed by atoms with E-state index in [0.717, 1.165) is 24.8 Å². The van der Waals surface area contributed by atoms with Crippen LogP contribution in [0.15, 0.2) is 18.2 Å². The van der Waals surface area contributed by atoms with Crippen LogP contribution in [0.1, 0.15) is 30.0 Å². The quantitative estimate of drug-likeness (QED) is 0.858. The van der Waals surface area contributed by atoms with E-state index >= 15 is 0 Å². The van der Waals surface area contributed by atoms with Crippen LogP contribution in [0.2, 0.25) is 0 Å². The molecule has 2 nitrogen and oxygen atoms in total. The Labute approximate surface area is 127 Å². The van der Waals surface area contributed by atoms with Crippen molar-refractivity contribution in [1.82, 2.24) is 10.2 Å². The van der Waals surface area contributed by atoms with Crippen LogP contribution < -0.4 is 5.32 Å². The summed E-state index contributed by atoms with van der Waals surface area (Å²) in [4.78, 5) is 1.47. The lowest BCUT2D eigenvalue weighted by atomic mass is 10.1. The third-order valence-electron chi connectivity index (χ3n) is 4.61. The average molecular weight is 316 g/mol. The molecule has 1 aromatic carbocycles. The largest absolute Gasteiger partial charge is 0.401 e. The number of benzene rings is 1. The lowest BCUT2D eigenvalue weighted by molar-refractivity contribution is -0.143. The van der Waals surface area contributed by atoms with Crippen molar-refractivity contribution in [2.24, 2.45) is 5.92 Å². The van der Waals surface area contributed by atoms with Crippen molar-refractivity contribution in [3.63, 3.8) is 0 Å². The normalized spacial score (nSPS) is 25.6. The van der Waals surface area contributed by atoms with Crippen LogP contribution in [0, 0.1) is 11.7 Å². The summed E-state index contributed by atoms with van der Waals surface area (Å²) < 4.78 is 50.5. The van der Waals surface area contributed by atoms with E-state index in [4.69, 9.17) is 0 Å². The molecule has 0 amide bonds. The van der Waals surface area contributed by atoms with Gasteiger partial charge < -0.3 is 5.32 Å². The molecule has 2 aliphatic rings. The lowest BCUT2D eigenvalue weighted by Crippen LogP contribution is -2.34. The third kappa shape index (κ3) is 3.79. The van der Waals surface area contributed by atoms with Crippen molar-refractivity contribution in [2.45, 2.75) is 31.5 Å². The van der Waals surface area contributed by atoms with Crippen LogP contribution in [0.25, 0.3) is 0 Å². The summed E-state index contributed by atoms with van der Waals surface area (Å²) in [6.07, 6.45) is -1.48. The van der Waals surface area contributed by atoms with Gasteiger partial charge in [0.15, 0.2) is 0 Å². The number of hydrogen-bond acceptors (Lipinski definition) is 2. The molecule has 1 N–H and O–H groups in total. The van der Waals surface area contributed by atoms with Crippen molar-refractivity contribution in [3.8, 4) is 0 Å². The summed E-state index contributed by atoms with van der Waals surface area (Å²) in [5.74, 6) is 0.00429. The molecule has 1 fully saturated rings. The van der Waals surface area contributed by atoms with Crippen LogP contribution >= 0.6 is 0 Å². The zero-order valence-electron chi connectivity index (χ0n) is 12.3. The van der Waals surface area contributed by atoms with E-state index in [1.54, 1.807) is 6.07 Å². The van der Waals surface area contributed by atoms with Crippen molar-refractivity contribution < 1.29 is 17.6 Å². The Morgan fingerprint density at radius 2 is 2.05 bits per heavy atom. The molecule has 0 aromatic heterocycles. The van der Waals surface area contributed by atoms with Gasteiger partial charge in [0.05, 0.1) is 6.54 Å². The molecule has 1 aliphatic carbocycles. The van der Waals surface area contributed by atoms with E-state index in [2.05, 4.69) is 5.32 Å². The molecule has 6 heteroatoms. The Kier molecular flexibility index (Phi) is 4.41. The number of likely N-dealkylation sites (tertiary alicyclic amines) is 1. The summed E-state index contributed by atoms with van der Waals surface area (Å²) in [5, 5.41) is 3.42. The van der Waals surface area contributed by atoms with Crippen LogP contribution in [-0.2, 0) is 6.42 Å². The SMILES string of the molecule is Fc1ccc2c(c1)[C@@H](NC[C@@H]1CCN(CC(F)(F)F)C1)CC2. The molecule has 2 atom stereocenters. The highest BCUT2D eigenvalue weighted by molar-refractivity contribution is 5.34. The van der Waals surface area contributed by atoms with Crippen molar-refractivity contribution in [2.75, 3.05) is 26.2 Å². The lowest BCUT2D eigenvalue weighted by Gasteiger charge is -2.19. The topological polar surface area (TPSA) is 15.3 Å². The molecule has 1 aromatic rings. The third-order valence-corrected chi connectivity index (χ3v) is 4.61. The Balaban J connectivity index is 1.50. The first-order valence-electron chi connectivity index (χ1n) is 7.71. The number of hydrogen-bond donors (Lipinski definition) is 1. The molecule has 0 unspecified atom stereocenters. The standard InChI is InChI=1S/C16H20F4N2/c17-13-3-1-12-2-4-15(14(12)7-13)21-8-11-5-6-22(9-11)10-16(18,19)20/h1,3,7,11,15,21H,2,4-6,8-10H2/t11-,15-/m0/s1. The maximum absolute atomic E-state index is 13.3. The van der Waals surface area contributed by atoms with Crippen LogP contribution in [0.3, 0.4) is 0 Å². The van der Waals surface area contributed by atoms with E-state index in [1.165, 1.54) is 16.5 Å². The second-order valence-electron chi connectivity index (χ2n) is 6.35. The van der Waals surface area contributed by atoms with Crippen molar-refractivity contribution >= 4 is 0 Å². The van der Waals surface area contributed by atoms with Crippen molar-refractivity contribution in [1.29, 1.82) is 0 Å². The Hall–Kier alpha value is -1.14. The van der Waals surface area contributed by atoms with Gasteiger partial charge >= 0.3 is 6.18 Å². The van der Waals surface area contributed by atoms with Crippen molar-refractivity contribution in [3.05, 3.63) is 35.1 Å². The molecular formula is C16H20F4N2. The molecule has 1 saturated heterocycles. The Morgan fingerprint density at radius 1 is 1.23 bits per heavy atom. The summed E-state index contributed by atoms with van der Waals surface area (Å²) in [5.41, 5.74) is 2.18. The number of fused-ring (bicyclic) bond motifs is 1. The maximum Gasteiger partial charge on any atom is 0.401 e. The average Bonchev–Trinajstić information content (AvgIpc) is 3.01. The highest BCUT2D eigenvalue weighted by Crippen LogP contribution is 2.32. The molecule has 3 rings (SSSR count). The zero-order valence-corrected chi connectivity index (χ0v) is 12.3. The minimum atomic E-state index is -4.12. The first kappa shape index (κ1) is 15.7. The van der Waals surface area contributed by atoms with Gasteiger partial charge in [0.25, 0.3) is 0 Å². The van der Waals surface area contributed by atoms with Crippen LogP contribution in [0.5, 0.6) is 0 Å². The molecule has 1 heterocycles. The fraction of sp³-hybridized carbons (Fsp3) is 0.625. The molecule has 1 aliphatic heterocycles. The van der Waals surface area contributed by atoms with Gasteiger partial charge in [-0.25, -0.2) is 4.39 Å². The monoisotopic (exact) mass is 316 g/mol. The van der Waals surface area contributed by atoms with Gasteiger partial charge in [0.1, 0.15) is 5.82 Å². The number of halogens is 4. The van der Waals surface area contributed by atoms with E-state index in [9.17, 15) is 17.6 Å². The number of rotatable bonds is 4. The van der Waals surface area contributed by atoms with Gasteiger partial charge in [0.2, 0.25) is 0 Å². The summed E-state index contributed by atoms with van der Waals surface area (Å²) in [6, 6.07) is 5.01. The van der Waals surface area contributed by atoms with Crippen LogP contribution in [-0.4, -0.2) is 37.3 Å². The van der Waals surface area contributed by atoms with E-state index in [0.29, 0.717) is 19.6 Å². The van der Waals surface area contributed by atoms with E-state index in [-0.39, 0.29) is 17.8 Å². The molecule has 22 heavy (non-hydrogen) atoms. The van der Waals surface area contributed by atoms with Gasteiger partial charge in [-0.3, -0.25) is 4.90 Å². The zero-order chi connectivity index (χ0) is 15.7. The minimum absolute atomic E-state index is 0.127. The smallest absolute Gasteiger partial charge is 0.310 e. The number of nitrogens with zero attached hydrogens (tertiary/aromatic N) is 1. The summed E-state index contributed by atoms with van der Waals surface area (Å²) in [6.45, 7) is 0.854. The highest BCUT2D eigenvalue weighted by Gasteiger charge is 2.34. The molecule has 0 spiro atoms. The summed E-state index contributed by atoms with van der Waals surface area (Å²) in [7, 11) is 0. The maximum atomic E-state index is 13.3. The second kappa shape index (κ2) is 6.16. The van der Waals surface area contributed by atoms with Gasteiger partial charge in [-0.2, -0.15) is 13.2 Å². The van der Waals surface area contributed by atoms with Gasteiger partial charge in [-0.15, -0.1) is 0 Å². The number of nitrogens with one attached hydrogen (secondary N) is 1. The minimum Gasteiger partial charge on any atom is -0.310 e. The van der Waals surface area contributed by atoms with Gasteiger partial charge in [0, 0.05) is 12.6 Å². The van der Waals surface area contributed by atoms with E-state index < -0.39 is 12.7 Å². The first-order chi connectivity index (χ1) is 10.4. The van der Waals surface area contributed by atoms with Gasteiger partial charge in [-0.1, -0.05) is 6.07 Å². The molecular weight excluding hydrogens is 296 g/mol. The fourth-order valence-corrected chi connectivity index (χ4v) is 3.57. The highest BCUT2D eigenvalue weighted by atomic mass is 19.4. The molecule has 122 valence electrons. The van der Waals surface area contributed by atoms with E-state index in [1.807, 2.05) is 6.07 Å². The molecule has 0 bridgehead atoms.